The van der Waals surface area contributed by atoms with Crippen LogP contribution in [-0.4, -0.2) is 41.3 Å². The third kappa shape index (κ3) is 12.1. The maximum Gasteiger partial charge on any atom is 0.303 e. The molecular formula is C8H16O8S2. The van der Waals surface area contributed by atoms with Crippen molar-refractivity contribution in [1.29, 1.82) is 0 Å². The lowest BCUT2D eigenvalue weighted by Crippen LogP contribution is -2.17. The Hall–Kier alpha value is -0.390. The second kappa shape index (κ2) is 10.5. The second-order valence-electron chi connectivity index (χ2n) is 3.40. The molecule has 8 nitrogen and oxygen atoms in total. The molecular weight excluding hydrogens is 288 g/mol. The molecule has 0 spiro atoms. The van der Waals surface area contributed by atoms with Crippen LogP contribution in [-0.2, 0) is 35.9 Å². The molecule has 3 N–H and O–H groups in total. The summed E-state index contributed by atoms with van der Waals surface area (Å²) in [6.07, 6.45) is 0.892. The molecule has 0 amide bonds. The summed E-state index contributed by atoms with van der Waals surface area (Å²) in [4.78, 5) is 10.3. The maximum absolute atomic E-state index is 10.5. The van der Waals surface area contributed by atoms with Gasteiger partial charge in [0.1, 0.15) is 0 Å². The Labute approximate surface area is 110 Å². The van der Waals surface area contributed by atoms with E-state index < -0.39 is 34.8 Å². The van der Waals surface area contributed by atoms with E-state index in [-0.39, 0.29) is 19.4 Å². The van der Waals surface area contributed by atoms with Gasteiger partial charge in [-0.05, 0) is 19.3 Å². The largest absolute Gasteiger partial charge is 0.481 e. The second-order valence-corrected chi connectivity index (χ2v) is 4.70. The number of carbonyl (C=O) groups is 1. The van der Waals surface area contributed by atoms with E-state index >= 15 is 0 Å². The van der Waals surface area contributed by atoms with Crippen LogP contribution in [0.3, 0.4) is 0 Å². The van der Waals surface area contributed by atoms with Gasteiger partial charge in [0.15, 0.2) is 0 Å². The third-order valence-electron chi connectivity index (χ3n) is 2.01. The van der Waals surface area contributed by atoms with Crippen molar-refractivity contribution in [3.8, 4) is 0 Å². The predicted octanol–water partition coefficient (Wildman–Crippen LogP) is 0.697. The van der Waals surface area contributed by atoms with E-state index in [4.69, 9.17) is 14.2 Å². The molecule has 0 bridgehead atoms. The van der Waals surface area contributed by atoms with E-state index in [1.54, 1.807) is 0 Å². The lowest BCUT2D eigenvalue weighted by atomic mass is 10.1. The summed E-state index contributed by atoms with van der Waals surface area (Å²) < 4.78 is 46.7. The standard InChI is InChI=1S/C8H16O8S2/c9-8(10)4-2-1-3-7(16-18(13)14)5-6-15-17(11)12/h7H,1-6H2,(H,9,10)(H,11,12)(H,13,14). The van der Waals surface area contributed by atoms with Crippen LogP contribution in [0.4, 0.5) is 0 Å². The number of hydrogen-bond donors (Lipinski definition) is 3. The van der Waals surface area contributed by atoms with E-state index in [2.05, 4.69) is 8.37 Å². The predicted molar refractivity (Wildman–Crippen MR) is 63.1 cm³/mol. The highest BCUT2D eigenvalue weighted by atomic mass is 32.2. The fourth-order valence-electron chi connectivity index (χ4n) is 1.26. The Morgan fingerprint density at radius 2 is 1.78 bits per heavy atom. The Balaban J connectivity index is 3.87. The minimum Gasteiger partial charge on any atom is -0.481 e. The quantitative estimate of drug-likeness (QED) is 0.375. The Kier molecular flexibility index (Phi) is 10.3. The Morgan fingerprint density at radius 3 is 2.28 bits per heavy atom. The van der Waals surface area contributed by atoms with E-state index in [9.17, 15) is 13.2 Å². The third-order valence-corrected chi connectivity index (χ3v) is 2.81. The fourth-order valence-corrected chi connectivity index (χ4v) is 1.92. The molecule has 0 rings (SSSR count). The Bertz CT molecular complexity index is 295. The molecule has 0 aromatic carbocycles. The molecule has 3 atom stereocenters. The summed E-state index contributed by atoms with van der Waals surface area (Å²) in [5.74, 6) is -0.905. The molecule has 10 heteroatoms. The van der Waals surface area contributed by atoms with E-state index in [1.807, 2.05) is 0 Å². The first-order valence-corrected chi connectivity index (χ1v) is 7.22. The molecule has 0 fully saturated rings. The van der Waals surface area contributed by atoms with Crippen LogP contribution < -0.4 is 0 Å². The molecule has 0 aromatic heterocycles. The van der Waals surface area contributed by atoms with Crippen molar-refractivity contribution in [1.82, 2.24) is 0 Å². The highest BCUT2D eigenvalue weighted by Crippen LogP contribution is 2.12. The summed E-state index contributed by atoms with van der Waals surface area (Å²) in [5.41, 5.74) is 0. The lowest BCUT2D eigenvalue weighted by molar-refractivity contribution is -0.137. The molecule has 0 saturated carbocycles. The van der Waals surface area contributed by atoms with Crippen LogP contribution in [0.15, 0.2) is 0 Å². The number of unbranched alkanes of at least 4 members (excludes halogenated alkanes) is 1. The van der Waals surface area contributed by atoms with Crippen molar-refractivity contribution < 1.29 is 35.8 Å². The van der Waals surface area contributed by atoms with Crippen molar-refractivity contribution in [2.45, 2.75) is 38.2 Å². The van der Waals surface area contributed by atoms with Crippen LogP contribution in [0.1, 0.15) is 32.1 Å². The first-order valence-electron chi connectivity index (χ1n) is 5.15. The van der Waals surface area contributed by atoms with Gasteiger partial charge in [0.25, 0.3) is 0 Å². The zero-order valence-corrected chi connectivity index (χ0v) is 11.2. The number of carboxylic acid groups (broad SMARTS) is 1. The first-order chi connectivity index (χ1) is 8.41. The molecule has 3 unspecified atom stereocenters. The van der Waals surface area contributed by atoms with Crippen molar-refractivity contribution in [3.63, 3.8) is 0 Å². The minimum absolute atomic E-state index is 0.0199. The molecule has 108 valence electrons. The first kappa shape index (κ1) is 17.6. The molecule has 0 saturated heterocycles. The summed E-state index contributed by atoms with van der Waals surface area (Å²) in [5, 5.41) is 8.43. The van der Waals surface area contributed by atoms with Gasteiger partial charge < -0.3 is 5.11 Å². The Morgan fingerprint density at radius 1 is 1.11 bits per heavy atom. The smallest absolute Gasteiger partial charge is 0.303 e. The molecule has 0 aromatic rings. The number of rotatable bonds is 11. The zero-order chi connectivity index (χ0) is 14.0. The van der Waals surface area contributed by atoms with Gasteiger partial charge in [0, 0.05) is 6.42 Å². The molecule has 0 radical (unpaired) electrons. The van der Waals surface area contributed by atoms with Gasteiger partial charge >= 0.3 is 28.7 Å². The van der Waals surface area contributed by atoms with Gasteiger partial charge in [-0.1, -0.05) is 6.42 Å². The lowest BCUT2D eigenvalue weighted by Gasteiger charge is -2.13. The highest BCUT2D eigenvalue weighted by Gasteiger charge is 2.13. The van der Waals surface area contributed by atoms with Crippen molar-refractivity contribution in [3.05, 3.63) is 0 Å². The molecule has 18 heavy (non-hydrogen) atoms. The van der Waals surface area contributed by atoms with Gasteiger partial charge in [0.05, 0.1) is 12.7 Å². The van der Waals surface area contributed by atoms with Crippen LogP contribution in [0, 0.1) is 0 Å². The normalized spacial score (nSPS) is 16.1. The van der Waals surface area contributed by atoms with E-state index in [0.29, 0.717) is 19.3 Å². The zero-order valence-electron chi connectivity index (χ0n) is 9.52. The van der Waals surface area contributed by atoms with Crippen LogP contribution in [0.2, 0.25) is 0 Å². The van der Waals surface area contributed by atoms with E-state index in [0.717, 1.165) is 0 Å². The van der Waals surface area contributed by atoms with Crippen molar-refractivity contribution >= 4 is 28.7 Å². The molecule has 0 aliphatic carbocycles. The van der Waals surface area contributed by atoms with Gasteiger partial charge in [-0.3, -0.25) is 22.3 Å². The van der Waals surface area contributed by atoms with Gasteiger partial charge in [-0.15, -0.1) is 0 Å². The van der Waals surface area contributed by atoms with Crippen molar-refractivity contribution in [2.24, 2.45) is 0 Å². The van der Waals surface area contributed by atoms with Crippen LogP contribution in [0.5, 0.6) is 0 Å². The van der Waals surface area contributed by atoms with E-state index in [1.165, 1.54) is 0 Å². The number of hydrogen-bond acceptors (Lipinski definition) is 5. The van der Waals surface area contributed by atoms with Crippen LogP contribution in [0.25, 0.3) is 0 Å². The molecule has 0 aliphatic rings. The van der Waals surface area contributed by atoms with Gasteiger partial charge in [-0.2, -0.15) is 8.42 Å². The monoisotopic (exact) mass is 304 g/mol. The van der Waals surface area contributed by atoms with Crippen molar-refractivity contribution in [2.75, 3.05) is 6.61 Å². The molecule has 0 heterocycles. The summed E-state index contributed by atoms with van der Waals surface area (Å²) >= 11 is -4.81. The summed E-state index contributed by atoms with van der Waals surface area (Å²) in [7, 11) is 0. The average Bonchev–Trinajstić information content (AvgIpc) is 2.22. The molecule has 0 aliphatic heterocycles. The average molecular weight is 304 g/mol. The number of carboxylic acids is 1. The summed E-state index contributed by atoms with van der Waals surface area (Å²) in [6.45, 7) is -0.0933. The minimum atomic E-state index is -2.43. The topological polar surface area (TPSA) is 130 Å². The SMILES string of the molecule is O=C(O)CCCCC(CCOS(=O)O)OS(=O)O. The summed E-state index contributed by atoms with van der Waals surface area (Å²) in [6, 6.07) is 0. The van der Waals surface area contributed by atoms with Crippen LogP contribution >= 0.6 is 0 Å². The van der Waals surface area contributed by atoms with Gasteiger partial charge in [0.2, 0.25) is 0 Å². The highest BCUT2D eigenvalue weighted by molar-refractivity contribution is 7.74. The number of aliphatic carboxylic acids is 1. The maximum atomic E-state index is 10.5. The van der Waals surface area contributed by atoms with Gasteiger partial charge in [-0.25, -0.2) is 0 Å². The fraction of sp³-hybridized carbons (Fsp3) is 0.875.